The normalized spacial score (nSPS) is 21.2. The molecule has 5 nitrogen and oxygen atoms in total. The van der Waals surface area contributed by atoms with E-state index in [1.54, 1.807) is 0 Å². The van der Waals surface area contributed by atoms with Crippen LogP contribution in [-0.2, 0) is 17.6 Å². The van der Waals surface area contributed by atoms with Crippen molar-refractivity contribution in [2.24, 2.45) is 16.8 Å². The third kappa shape index (κ3) is 3.48. The van der Waals surface area contributed by atoms with E-state index in [-0.39, 0.29) is 23.8 Å². The first-order valence-corrected chi connectivity index (χ1v) is 12.0. The van der Waals surface area contributed by atoms with Crippen LogP contribution in [0, 0.1) is 11.8 Å². The highest BCUT2D eigenvalue weighted by Crippen LogP contribution is 2.38. The molecule has 0 bridgehead atoms. The summed E-state index contributed by atoms with van der Waals surface area (Å²) >= 11 is 0. The van der Waals surface area contributed by atoms with Crippen LogP contribution in [0.5, 0.6) is 0 Å². The monoisotopic (exact) mass is 449 g/mol. The Morgan fingerprint density at radius 2 is 1.76 bits per heavy atom. The van der Waals surface area contributed by atoms with Crippen molar-refractivity contribution in [3.63, 3.8) is 0 Å². The van der Waals surface area contributed by atoms with Gasteiger partial charge >= 0.3 is 5.97 Å². The number of nitrogens with zero attached hydrogens (tertiary/aromatic N) is 1. The molecule has 0 saturated heterocycles. The lowest BCUT2D eigenvalue weighted by Gasteiger charge is -2.23. The number of H-pyrrole nitrogens is 2. The third-order valence-electron chi connectivity index (χ3n) is 7.12. The molecule has 2 aliphatic rings. The average Bonchev–Trinajstić information content (AvgIpc) is 3.54. The number of nitrogens with one attached hydrogen (secondary N) is 2. The first-order valence-electron chi connectivity index (χ1n) is 12.0. The van der Waals surface area contributed by atoms with E-state index in [1.165, 1.54) is 16.7 Å². The second-order valence-corrected chi connectivity index (χ2v) is 9.05. The zero-order valence-corrected chi connectivity index (χ0v) is 19.1. The molecule has 1 aliphatic heterocycles. The molecule has 170 valence electrons. The minimum atomic E-state index is -0.294. The van der Waals surface area contributed by atoms with E-state index in [2.05, 4.69) is 70.8 Å². The number of para-hydroxylation sites is 2. The summed E-state index contributed by atoms with van der Waals surface area (Å²) in [5.41, 5.74) is 6.14. The summed E-state index contributed by atoms with van der Waals surface area (Å²) in [7, 11) is 0. The lowest BCUT2D eigenvalue weighted by Crippen LogP contribution is -2.26. The molecule has 0 radical (unpaired) electrons. The predicted octanol–water partition coefficient (Wildman–Crippen LogP) is 5.79. The van der Waals surface area contributed by atoms with Crippen molar-refractivity contribution in [2.45, 2.75) is 25.8 Å². The third-order valence-corrected chi connectivity index (χ3v) is 7.12. The highest BCUT2D eigenvalue weighted by molar-refractivity contribution is 6.00. The van der Waals surface area contributed by atoms with Crippen LogP contribution in [0.25, 0.3) is 21.8 Å². The number of benzene rings is 2. The molecule has 3 atom stereocenters. The number of rotatable bonds is 6. The van der Waals surface area contributed by atoms with E-state index in [1.807, 2.05) is 25.1 Å². The van der Waals surface area contributed by atoms with Gasteiger partial charge in [-0.05, 0) is 36.6 Å². The van der Waals surface area contributed by atoms with Crippen LogP contribution >= 0.6 is 0 Å². The van der Waals surface area contributed by atoms with Crippen LogP contribution in [0.2, 0.25) is 0 Å². The summed E-state index contributed by atoms with van der Waals surface area (Å²) < 4.78 is 5.40. The molecular formula is C29H27N3O2. The topological polar surface area (TPSA) is 70.2 Å². The van der Waals surface area contributed by atoms with Gasteiger partial charge < -0.3 is 14.7 Å². The maximum Gasteiger partial charge on any atom is 0.355 e. The molecule has 0 amide bonds. The SMILES string of the molecule is CCOC(=O)c1[nH]c2ccccc2c1CC1C(Cc2c[nH]c3ccccc23)=NC2C=CC=CC21. The van der Waals surface area contributed by atoms with Gasteiger partial charge in [0.2, 0.25) is 0 Å². The van der Waals surface area contributed by atoms with E-state index in [9.17, 15) is 4.79 Å². The largest absolute Gasteiger partial charge is 0.461 e. The van der Waals surface area contributed by atoms with Gasteiger partial charge in [0.15, 0.2) is 0 Å². The van der Waals surface area contributed by atoms with Crippen molar-refractivity contribution in [2.75, 3.05) is 6.61 Å². The van der Waals surface area contributed by atoms with Crippen LogP contribution in [0.15, 0.2) is 84.0 Å². The number of hydrogen-bond donors (Lipinski definition) is 2. The molecule has 3 unspecified atom stereocenters. The van der Waals surface area contributed by atoms with Gasteiger partial charge in [-0.15, -0.1) is 0 Å². The number of aliphatic imine (C=N–C) groups is 1. The van der Waals surface area contributed by atoms with E-state index < -0.39 is 0 Å². The van der Waals surface area contributed by atoms with Crippen LogP contribution in [0.4, 0.5) is 0 Å². The summed E-state index contributed by atoms with van der Waals surface area (Å²) in [5.74, 6) is 0.193. The molecule has 3 heterocycles. The number of aromatic nitrogens is 2. The maximum atomic E-state index is 12.9. The summed E-state index contributed by atoms with van der Waals surface area (Å²) in [6.45, 7) is 2.19. The summed E-state index contributed by atoms with van der Waals surface area (Å²) in [6.07, 6.45) is 12.3. The Balaban J connectivity index is 1.40. The zero-order chi connectivity index (χ0) is 23.1. The van der Waals surface area contributed by atoms with Crippen molar-refractivity contribution in [1.29, 1.82) is 0 Å². The van der Waals surface area contributed by atoms with Gasteiger partial charge in [0.25, 0.3) is 0 Å². The Morgan fingerprint density at radius 1 is 1.00 bits per heavy atom. The molecule has 0 fully saturated rings. The summed E-state index contributed by atoms with van der Waals surface area (Å²) in [5, 5.41) is 2.32. The van der Waals surface area contributed by atoms with Crippen LogP contribution < -0.4 is 0 Å². The van der Waals surface area contributed by atoms with Crippen molar-refractivity contribution < 1.29 is 9.53 Å². The summed E-state index contributed by atoms with van der Waals surface area (Å²) in [6, 6.07) is 16.7. The number of aromatic amines is 2. The van der Waals surface area contributed by atoms with E-state index in [0.717, 1.165) is 34.8 Å². The van der Waals surface area contributed by atoms with Gasteiger partial charge in [-0.3, -0.25) is 4.99 Å². The van der Waals surface area contributed by atoms with E-state index in [0.29, 0.717) is 12.3 Å². The first-order chi connectivity index (χ1) is 16.7. The van der Waals surface area contributed by atoms with Crippen molar-refractivity contribution >= 4 is 33.5 Å². The molecular weight excluding hydrogens is 422 g/mol. The second kappa shape index (κ2) is 8.49. The Morgan fingerprint density at radius 3 is 2.62 bits per heavy atom. The molecule has 2 aromatic carbocycles. The van der Waals surface area contributed by atoms with Gasteiger partial charge in [-0.25, -0.2) is 4.79 Å². The predicted molar refractivity (Wildman–Crippen MR) is 136 cm³/mol. The molecule has 34 heavy (non-hydrogen) atoms. The van der Waals surface area contributed by atoms with E-state index in [4.69, 9.17) is 9.73 Å². The fraction of sp³-hybridized carbons (Fsp3) is 0.241. The molecule has 5 heteroatoms. The lowest BCUT2D eigenvalue weighted by atomic mass is 9.79. The Bertz CT molecular complexity index is 1470. The standard InChI is InChI=1S/C29H27N3O2/c1-2-34-29(33)28-23(21-11-5-8-14-26(21)32-28)16-22-20-10-4-7-13-25(20)31-27(22)15-18-17-30-24-12-6-3-9-19(18)24/h3-14,17,20,22,25,30,32H,2,15-16H2,1H3. The van der Waals surface area contributed by atoms with Gasteiger partial charge in [0.1, 0.15) is 5.69 Å². The number of carbonyl (C=O) groups excluding carboxylic acids is 1. The van der Waals surface area contributed by atoms with Crippen LogP contribution in [-0.4, -0.2) is 34.3 Å². The number of allylic oxidation sites excluding steroid dienone is 2. The molecule has 2 N–H and O–H groups in total. The zero-order valence-electron chi connectivity index (χ0n) is 19.1. The fourth-order valence-electron chi connectivity index (χ4n) is 5.54. The van der Waals surface area contributed by atoms with Gasteiger partial charge in [0.05, 0.1) is 12.6 Å². The second-order valence-electron chi connectivity index (χ2n) is 9.05. The molecule has 4 aromatic rings. The molecule has 2 aromatic heterocycles. The molecule has 6 rings (SSSR count). The smallest absolute Gasteiger partial charge is 0.355 e. The van der Waals surface area contributed by atoms with Gasteiger partial charge in [-0.2, -0.15) is 0 Å². The Kier molecular flexibility index (Phi) is 5.17. The molecule has 0 saturated carbocycles. The lowest BCUT2D eigenvalue weighted by molar-refractivity contribution is 0.0519. The number of hydrogen-bond acceptors (Lipinski definition) is 3. The highest BCUT2D eigenvalue weighted by Gasteiger charge is 2.38. The van der Waals surface area contributed by atoms with Gasteiger partial charge in [-0.1, -0.05) is 60.7 Å². The Labute approximate surface area is 198 Å². The summed E-state index contributed by atoms with van der Waals surface area (Å²) in [4.78, 5) is 24.8. The quantitative estimate of drug-likeness (QED) is 0.366. The van der Waals surface area contributed by atoms with Crippen LogP contribution in [0.1, 0.15) is 28.5 Å². The number of esters is 1. The average molecular weight is 450 g/mol. The minimum absolute atomic E-state index is 0.145. The van der Waals surface area contributed by atoms with E-state index >= 15 is 0 Å². The minimum Gasteiger partial charge on any atom is -0.461 e. The maximum absolute atomic E-state index is 12.9. The van der Waals surface area contributed by atoms with Crippen molar-refractivity contribution in [3.8, 4) is 0 Å². The molecule has 1 aliphatic carbocycles. The van der Waals surface area contributed by atoms with Crippen LogP contribution in [0.3, 0.4) is 0 Å². The number of ether oxygens (including phenoxy) is 1. The highest BCUT2D eigenvalue weighted by atomic mass is 16.5. The van der Waals surface area contributed by atoms with Gasteiger partial charge in [0, 0.05) is 52.0 Å². The fourth-order valence-corrected chi connectivity index (χ4v) is 5.54. The first kappa shape index (κ1) is 20.7. The number of fused-ring (bicyclic) bond motifs is 3. The van der Waals surface area contributed by atoms with Crippen molar-refractivity contribution in [3.05, 3.63) is 95.9 Å². The molecule has 0 spiro atoms. The van der Waals surface area contributed by atoms with Crippen molar-refractivity contribution in [1.82, 2.24) is 9.97 Å². The Hall–Kier alpha value is -3.86. The number of carbonyl (C=O) groups is 1.